The van der Waals surface area contributed by atoms with Crippen LogP contribution < -0.4 is 0 Å². The van der Waals surface area contributed by atoms with Gasteiger partial charge in [0.15, 0.2) is 5.78 Å². The number of hydrogen-bond acceptors (Lipinski definition) is 4. The normalized spacial score (nSPS) is 11.2. The molecule has 1 heterocycles. The van der Waals surface area contributed by atoms with Gasteiger partial charge in [0.1, 0.15) is 4.34 Å². The van der Waals surface area contributed by atoms with Gasteiger partial charge in [0.2, 0.25) is 0 Å². The third kappa shape index (κ3) is 5.10. The quantitative estimate of drug-likeness (QED) is 0.524. The summed E-state index contributed by atoms with van der Waals surface area (Å²) in [4.78, 5) is 14.2. The molecular weight excluding hydrogens is 309 g/mol. The van der Waals surface area contributed by atoms with Crippen molar-refractivity contribution in [1.82, 2.24) is 4.90 Å². The van der Waals surface area contributed by atoms with Crippen LogP contribution in [0.25, 0.3) is 0 Å². The average Bonchev–Trinajstić information content (AvgIpc) is 2.68. The number of ketones is 1. The first kappa shape index (κ1) is 16.3. The topological polar surface area (TPSA) is 20.3 Å². The Morgan fingerprint density at radius 3 is 2.56 bits per heavy atom. The van der Waals surface area contributed by atoms with Gasteiger partial charge in [0, 0.05) is 17.9 Å². The Balaban J connectivity index is 2.32. The van der Waals surface area contributed by atoms with E-state index in [0.29, 0.717) is 20.0 Å². The number of thioether (sulfide) groups is 1. The smallest absolute Gasteiger partial charge is 0.175 e. The van der Waals surface area contributed by atoms with E-state index in [2.05, 4.69) is 18.7 Å². The molecule has 0 bridgehead atoms. The Labute approximate surface area is 127 Å². The molecule has 0 saturated heterocycles. The summed E-state index contributed by atoms with van der Waals surface area (Å²) in [6.45, 7) is 7.41. The Morgan fingerprint density at radius 2 is 2.06 bits per heavy atom. The van der Waals surface area contributed by atoms with Gasteiger partial charge >= 0.3 is 0 Å². The van der Waals surface area contributed by atoms with E-state index >= 15 is 0 Å². The molecule has 0 aliphatic carbocycles. The fraction of sp³-hybridized carbons (Fsp3) is 0.583. The van der Waals surface area contributed by atoms with E-state index < -0.39 is 0 Å². The lowest BCUT2D eigenvalue weighted by molar-refractivity contribution is 0.102. The lowest BCUT2D eigenvalue weighted by Gasteiger charge is -2.17. The van der Waals surface area contributed by atoms with Gasteiger partial charge < -0.3 is 4.90 Å². The molecular formula is C12H17Cl2NOS2. The molecule has 0 aromatic carbocycles. The van der Waals surface area contributed by atoms with Gasteiger partial charge in [-0.1, -0.05) is 37.0 Å². The van der Waals surface area contributed by atoms with Gasteiger partial charge in [0.25, 0.3) is 0 Å². The average molecular weight is 326 g/mol. The summed E-state index contributed by atoms with van der Waals surface area (Å²) in [5, 5.41) is 0. The molecule has 1 aromatic rings. The zero-order valence-corrected chi connectivity index (χ0v) is 13.7. The van der Waals surface area contributed by atoms with Gasteiger partial charge in [-0.05, 0) is 19.2 Å². The number of rotatable bonds is 8. The molecule has 1 rings (SSSR count). The highest BCUT2D eigenvalue weighted by atomic mass is 35.5. The largest absolute Gasteiger partial charge is 0.303 e. The van der Waals surface area contributed by atoms with Crippen LogP contribution in [0.3, 0.4) is 0 Å². The molecule has 0 N–H and O–H groups in total. The number of nitrogens with zero attached hydrogens (tertiary/aromatic N) is 1. The van der Waals surface area contributed by atoms with E-state index in [4.69, 9.17) is 23.2 Å². The van der Waals surface area contributed by atoms with Crippen LogP contribution in [0.5, 0.6) is 0 Å². The number of carbonyl (C=O) groups excluding carboxylic acids is 1. The molecule has 0 saturated carbocycles. The van der Waals surface area contributed by atoms with Gasteiger partial charge in [-0.3, -0.25) is 4.79 Å². The van der Waals surface area contributed by atoms with Crippen molar-refractivity contribution in [3.8, 4) is 0 Å². The SMILES string of the molecule is CCN(CC)CCSCC(=O)c1cc(Cl)sc1Cl. The minimum Gasteiger partial charge on any atom is -0.303 e. The molecule has 2 nitrogen and oxygen atoms in total. The van der Waals surface area contributed by atoms with Crippen molar-refractivity contribution in [3.05, 3.63) is 20.3 Å². The predicted octanol–water partition coefficient (Wildman–Crippen LogP) is 4.31. The van der Waals surface area contributed by atoms with Gasteiger partial charge in [-0.25, -0.2) is 0 Å². The third-order valence-electron chi connectivity index (χ3n) is 2.64. The third-order valence-corrected chi connectivity index (χ3v) is 5.06. The number of Topliss-reactive ketones (excluding diaryl/α,β-unsaturated/α-hetero) is 1. The number of thiophene rings is 1. The van der Waals surface area contributed by atoms with Crippen molar-refractivity contribution in [3.63, 3.8) is 0 Å². The van der Waals surface area contributed by atoms with Crippen LogP contribution in [0.2, 0.25) is 8.67 Å². The van der Waals surface area contributed by atoms with Crippen LogP contribution in [0, 0.1) is 0 Å². The molecule has 0 aliphatic heterocycles. The fourth-order valence-electron chi connectivity index (χ4n) is 1.51. The highest BCUT2D eigenvalue weighted by molar-refractivity contribution is 8.00. The van der Waals surface area contributed by atoms with Crippen LogP contribution >= 0.6 is 46.3 Å². The first-order chi connectivity index (χ1) is 8.58. The molecule has 0 atom stereocenters. The fourth-order valence-corrected chi connectivity index (χ4v) is 3.88. The zero-order valence-electron chi connectivity index (χ0n) is 10.5. The summed E-state index contributed by atoms with van der Waals surface area (Å²) in [7, 11) is 0. The molecule has 0 amide bonds. The van der Waals surface area contributed by atoms with E-state index in [-0.39, 0.29) is 5.78 Å². The minimum atomic E-state index is 0.0627. The van der Waals surface area contributed by atoms with Crippen molar-refractivity contribution < 1.29 is 4.79 Å². The minimum absolute atomic E-state index is 0.0627. The summed E-state index contributed by atoms with van der Waals surface area (Å²) in [5.74, 6) is 1.49. The maximum atomic E-state index is 11.9. The second-order valence-electron chi connectivity index (χ2n) is 3.74. The van der Waals surface area contributed by atoms with E-state index in [1.54, 1.807) is 17.8 Å². The Bertz CT molecular complexity index is 391. The first-order valence-corrected chi connectivity index (χ1v) is 8.59. The molecule has 1 aromatic heterocycles. The standard InChI is InChI=1S/C12H17Cl2NOS2/c1-3-15(4-2)5-6-17-8-10(16)9-7-11(13)18-12(9)14/h7H,3-6,8H2,1-2H3. The maximum absolute atomic E-state index is 11.9. The van der Waals surface area contributed by atoms with Crippen molar-refractivity contribution in [2.75, 3.05) is 31.1 Å². The highest BCUT2D eigenvalue weighted by Gasteiger charge is 2.14. The Kier molecular flexibility index (Phi) is 7.64. The molecule has 0 spiro atoms. The highest BCUT2D eigenvalue weighted by Crippen LogP contribution is 2.31. The monoisotopic (exact) mass is 325 g/mol. The number of hydrogen-bond donors (Lipinski definition) is 0. The van der Waals surface area contributed by atoms with Crippen molar-refractivity contribution in [2.24, 2.45) is 0 Å². The molecule has 102 valence electrons. The van der Waals surface area contributed by atoms with Gasteiger partial charge in [0.05, 0.1) is 10.1 Å². The van der Waals surface area contributed by atoms with Crippen molar-refractivity contribution >= 4 is 52.1 Å². The van der Waals surface area contributed by atoms with Crippen LogP contribution in [0.4, 0.5) is 0 Å². The molecule has 0 unspecified atom stereocenters. The lowest BCUT2D eigenvalue weighted by Crippen LogP contribution is -2.25. The molecule has 0 aliphatic rings. The van der Waals surface area contributed by atoms with Gasteiger partial charge in [-0.2, -0.15) is 11.8 Å². The molecule has 18 heavy (non-hydrogen) atoms. The van der Waals surface area contributed by atoms with Crippen LogP contribution in [-0.2, 0) is 0 Å². The first-order valence-electron chi connectivity index (χ1n) is 5.86. The number of carbonyl (C=O) groups is 1. The van der Waals surface area contributed by atoms with Crippen molar-refractivity contribution in [1.29, 1.82) is 0 Å². The summed E-state index contributed by atoms with van der Waals surface area (Å²) < 4.78 is 1.06. The predicted molar refractivity (Wildman–Crippen MR) is 83.8 cm³/mol. The van der Waals surface area contributed by atoms with E-state index in [9.17, 15) is 4.79 Å². The summed E-state index contributed by atoms with van der Waals surface area (Å²) in [6.07, 6.45) is 0. The Morgan fingerprint density at radius 1 is 1.39 bits per heavy atom. The molecule has 0 fully saturated rings. The molecule has 6 heteroatoms. The van der Waals surface area contributed by atoms with Crippen molar-refractivity contribution in [2.45, 2.75) is 13.8 Å². The second-order valence-corrected chi connectivity index (χ2v) is 7.13. The summed E-state index contributed by atoms with van der Waals surface area (Å²) in [5.41, 5.74) is 0.557. The summed E-state index contributed by atoms with van der Waals surface area (Å²) >= 11 is 14.6. The van der Waals surface area contributed by atoms with Crippen LogP contribution in [0.1, 0.15) is 24.2 Å². The van der Waals surface area contributed by atoms with Crippen LogP contribution in [-0.4, -0.2) is 41.8 Å². The van der Waals surface area contributed by atoms with E-state index in [0.717, 1.165) is 25.4 Å². The lowest BCUT2D eigenvalue weighted by atomic mass is 10.2. The number of halogens is 2. The summed E-state index contributed by atoms with van der Waals surface area (Å²) in [6, 6.07) is 1.65. The maximum Gasteiger partial charge on any atom is 0.175 e. The van der Waals surface area contributed by atoms with E-state index in [1.165, 1.54) is 11.3 Å². The van der Waals surface area contributed by atoms with Crippen LogP contribution in [0.15, 0.2) is 6.07 Å². The van der Waals surface area contributed by atoms with E-state index in [1.807, 2.05) is 0 Å². The second kappa shape index (κ2) is 8.43. The Hall–Kier alpha value is 0.260. The zero-order chi connectivity index (χ0) is 13.5. The molecule has 0 radical (unpaired) electrons. The van der Waals surface area contributed by atoms with Gasteiger partial charge in [-0.15, -0.1) is 11.3 Å².